The molecule has 0 bridgehead atoms. The molecule has 1 saturated heterocycles. The predicted molar refractivity (Wildman–Crippen MR) is 113 cm³/mol. The molecule has 0 aromatic carbocycles. The quantitative estimate of drug-likeness (QED) is 0.506. The molecule has 0 aliphatic carbocycles. The van der Waals surface area contributed by atoms with E-state index in [-0.39, 0.29) is 11.9 Å². The fourth-order valence-electron chi connectivity index (χ4n) is 0.906. The zero-order valence-corrected chi connectivity index (χ0v) is 20.1. The third-order valence-electron chi connectivity index (χ3n) is 2.37. The molecule has 1 aliphatic rings. The van der Waals surface area contributed by atoms with E-state index in [2.05, 4.69) is 33.9 Å². The number of amides is 1. The maximum Gasteiger partial charge on any atom is 0.302 e. The van der Waals surface area contributed by atoms with Gasteiger partial charge in [-0.3, -0.25) is 13.8 Å². The molecule has 0 saturated carbocycles. The molecule has 0 aromatic heterocycles. The Labute approximate surface area is 168 Å². The smallest absolute Gasteiger partial charge is 0.302 e. The van der Waals surface area contributed by atoms with Crippen molar-refractivity contribution >= 4 is 32.5 Å². The summed E-state index contributed by atoms with van der Waals surface area (Å²) in [6.45, 7) is 7.76. The highest BCUT2D eigenvalue weighted by molar-refractivity contribution is 7.89. The Morgan fingerprint density at radius 2 is 1.11 bits per heavy atom. The molecule has 1 N–H and O–H groups in total. The van der Waals surface area contributed by atoms with Gasteiger partial charge in [0.1, 0.15) is 9.84 Å². The van der Waals surface area contributed by atoms with Gasteiger partial charge < -0.3 is 19.9 Å². The monoisotopic (exact) mass is 433 g/mol. The van der Waals surface area contributed by atoms with Crippen molar-refractivity contribution < 1.29 is 27.0 Å². The number of carbonyl (C=O) groups is 2. The standard InChI is InChI=1S/C6H14N2.C3H7NO.C3H6O2.C2H6O2S.C2H6OS/c1-7-3-5-8(2)6-4-7;1-3(5)4-2;1-3(4)5-2;1-5(2,3)4;1-4(2)3/h3-6H2,1-2H3;1-2H3,(H,4,5);2*1-2H3;1-2H3. The molecule has 1 aliphatic heterocycles. The van der Waals surface area contributed by atoms with Crippen molar-refractivity contribution in [3.8, 4) is 0 Å². The maximum atomic E-state index is 9.70. The first kappa shape index (κ1) is 33.5. The number of piperazine rings is 1. The topological polar surface area (TPSA) is 113 Å². The number of nitrogens with one attached hydrogen (secondary N) is 1. The third-order valence-corrected chi connectivity index (χ3v) is 2.37. The molecule has 1 fully saturated rings. The Balaban J connectivity index is -0.000000126. The summed E-state index contributed by atoms with van der Waals surface area (Å²) in [6.07, 6.45) is 5.60. The van der Waals surface area contributed by atoms with E-state index in [1.54, 1.807) is 19.6 Å². The molecule has 166 valence electrons. The Hall–Kier alpha value is -1.04. The first-order valence-corrected chi connectivity index (χ1v) is 12.3. The highest BCUT2D eigenvalue weighted by Gasteiger charge is 2.07. The normalized spacial score (nSPS) is 13.7. The summed E-state index contributed by atoms with van der Waals surface area (Å²) < 4.78 is 32.9. The van der Waals surface area contributed by atoms with E-state index in [1.165, 1.54) is 47.1 Å². The van der Waals surface area contributed by atoms with Crippen molar-refractivity contribution in [2.45, 2.75) is 13.8 Å². The Kier molecular flexibility index (Phi) is 26.4. The fraction of sp³-hybridized carbons (Fsp3) is 0.875. The van der Waals surface area contributed by atoms with Gasteiger partial charge in [-0.2, -0.15) is 0 Å². The predicted octanol–water partition coefficient (Wildman–Crippen LogP) is -0.549. The van der Waals surface area contributed by atoms with Crippen LogP contribution in [0, 0.1) is 0 Å². The Morgan fingerprint density at radius 3 is 1.19 bits per heavy atom. The van der Waals surface area contributed by atoms with E-state index >= 15 is 0 Å². The van der Waals surface area contributed by atoms with E-state index in [1.807, 2.05) is 0 Å². The fourth-order valence-corrected chi connectivity index (χ4v) is 0.906. The number of likely N-dealkylation sites (N-methyl/N-ethyl adjacent to an activating group) is 2. The van der Waals surface area contributed by atoms with Gasteiger partial charge >= 0.3 is 5.97 Å². The minimum Gasteiger partial charge on any atom is -0.469 e. The number of methoxy groups -OCH3 is 1. The minimum atomic E-state index is -2.67. The second kappa shape index (κ2) is 21.3. The first-order valence-electron chi connectivity index (χ1n) is 8.06. The third kappa shape index (κ3) is 78.3. The lowest BCUT2D eigenvalue weighted by Gasteiger charge is -2.28. The highest BCUT2D eigenvalue weighted by Crippen LogP contribution is 1.93. The van der Waals surface area contributed by atoms with Crippen molar-refractivity contribution in [3.05, 3.63) is 0 Å². The maximum absolute atomic E-state index is 9.70. The average molecular weight is 434 g/mol. The van der Waals surface area contributed by atoms with Crippen LogP contribution >= 0.6 is 0 Å². The van der Waals surface area contributed by atoms with Crippen LogP contribution in [0.1, 0.15) is 13.8 Å². The van der Waals surface area contributed by atoms with Crippen LogP contribution in [0.3, 0.4) is 0 Å². The molecular weight excluding hydrogens is 394 g/mol. The zero-order valence-electron chi connectivity index (χ0n) is 18.5. The van der Waals surface area contributed by atoms with E-state index < -0.39 is 20.6 Å². The highest BCUT2D eigenvalue weighted by atomic mass is 32.2. The summed E-state index contributed by atoms with van der Waals surface area (Å²) in [5.41, 5.74) is 0. The number of sulfone groups is 1. The lowest BCUT2D eigenvalue weighted by atomic mass is 10.4. The largest absolute Gasteiger partial charge is 0.469 e. The number of hydrogen-bond donors (Lipinski definition) is 1. The molecule has 0 radical (unpaired) electrons. The van der Waals surface area contributed by atoms with Gasteiger partial charge in [-0.15, -0.1) is 0 Å². The molecule has 1 heterocycles. The van der Waals surface area contributed by atoms with Crippen molar-refractivity contribution in [2.24, 2.45) is 0 Å². The average Bonchev–Trinajstić information content (AvgIpc) is 2.49. The Bertz CT molecular complexity index is 454. The summed E-state index contributed by atoms with van der Waals surface area (Å²) >= 11 is 0. The Morgan fingerprint density at radius 1 is 0.963 bits per heavy atom. The second-order valence-corrected chi connectivity index (χ2v) is 9.76. The van der Waals surface area contributed by atoms with Crippen LogP contribution in [0.5, 0.6) is 0 Å². The van der Waals surface area contributed by atoms with E-state index in [0.717, 1.165) is 12.5 Å². The first-order chi connectivity index (χ1) is 12.1. The number of nitrogens with zero attached hydrogens (tertiary/aromatic N) is 2. The number of carbonyl (C=O) groups excluding carboxylic acids is 2. The van der Waals surface area contributed by atoms with Gasteiger partial charge in [0.25, 0.3) is 0 Å². The zero-order chi connectivity index (χ0) is 22.6. The van der Waals surface area contributed by atoms with Gasteiger partial charge in [-0.25, -0.2) is 8.42 Å². The summed E-state index contributed by atoms with van der Waals surface area (Å²) in [6, 6.07) is 0. The summed E-state index contributed by atoms with van der Waals surface area (Å²) in [7, 11) is 4.02. The van der Waals surface area contributed by atoms with Crippen LogP contribution < -0.4 is 5.32 Å². The van der Waals surface area contributed by atoms with Gasteiger partial charge in [0.2, 0.25) is 5.91 Å². The molecule has 27 heavy (non-hydrogen) atoms. The van der Waals surface area contributed by atoms with Gasteiger partial charge in [-0.05, 0) is 14.1 Å². The van der Waals surface area contributed by atoms with E-state index in [9.17, 15) is 22.2 Å². The molecule has 11 heteroatoms. The molecule has 0 atom stereocenters. The van der Waals surface area contributed by atoms with Crippen molar-refractivity contribution in [2.75, 3.05) is 79.5 Å². The summed E-state index contributed by atoms with van der Waals surface area (Å²) in [4.78, 5) is 24.0. The van der Waals surface area contributed by atoms with Crippen LogP contribution in [-0.4, -0.2) is 114 Å². The molecule has 9 nitrogen and oxygen atoms in total. The molecule has 1 rings (SSSR count). The second-order valence-electron chi connectivity index (χ2n) is 5.99. The van der Waals surface area contributed by atoms with Crippen molar-refractivity contribution in [1.82, 2.24) is 15.1 Å². The number of rotatable bonds is 0. The molecule has 1 amide bonds. The number of ether oxygens (including phenoxy) is 1. The molecule has 0 unspecified atom stereocenters. The number of hydrogen-bond acceptors (Lipinski definition) is 8. The minimum absolute atomic E-state index is 0.00463. The van der Waals surface area contributed by atoms with Crippen molar-refractivity contribution in [3.63, 3.8) is 0 Å². The SMILES string of the molecule is CN1CCN(C)CC1.CNC(C)=O.COC(C)=O.CS(C)(=O)=O.CS(C)=O. The molecule has 0 spiro atoms. The lowest BCUT2D eigenvalue weighted by molar-refractivity contribution is -0.137. The van der Waals surface area contributed by atoms with Crippen LogP contribution in [0.4, 0.5) is 0 Å². The van der Waals surface area contributed by atoms with Crippen LogP contribution in [-0.2, 0) is 35.0 Å². The van der Waals surface area contributed by atoms with Crippen LogP contribution in [0.25, 0.3) is 0 Å². The van der Waals surface area contributed by atoms with Gasteiger partial charge in [0.15, 0.2) is 0 Å². The lowest BCUT2D eigenvalue weighted by Crippen LogP contribution is -2.42. The number of esters is 1. The summed E-state index contributed by atoms with van der Waals surface area (Å²) in [5, 5.41) is 2.39. The van der Waals surface area contributed by atoms with Crippen LogP contribution in [0.2, 0.25) is 0 Å². The summed E-state index contributed by atoms with van der Waals surface area (Å²) in [5.74, 6) is -0.241. The molecular formula is C16H39N3O6S2. The van der Waals surface area contributed by atoms with E-state index in [0.29, 0.717) is 0 Å². The van der Waals surface area contributed by atoms with Crippen molar-refractivity contribution in [1.29, 1.82) is 0 Å². The van der Waals surface area contributed by atoms with Gasteiger partial charge in [-0.1, -0.05) is 0 Å². The van der Waals surface area contributed by atoms with Gasteiger partial charge in [0.05, 0.1) is 7.11 Å². The molecule has 0 aromatic rings. The van der Waals surface area contributed by atoms with Crippen LogP contribution in [0.15, 0.2) is 0 Å². The van der Waals surface area contributed by atoms with Gasteiger partial charge in [0, 0.05) is 82.9 Å². The van der Waals surface area contributed by atoms with E-state index in [4.69, 9.17) is 0 Å².